The van der Waals surface area contributed by atoms with Crippen molar-refractivity contribution in [2.24, 2.45) is 0 Å². The first kappa shape index (κ1) is 23.1. The van der Waals surface area contributed by atoms with Crippen molar-refractivity contribution in [2.75, 3.05) is 0 Å². The van der Waals surface area contributed by atoms with Gasteiger partial charge >= 0.3 is 6.03 Å². The molecule has 1 aliphatic rings. The molecule has 2 unspecified atom stereocenters. The van der Waals surface area contributed by atoms with Gasteiger partial charge in [0.25, 0.3) is 0 Å². The second kappa shape index (κ2) is 9.71. The Balaban J connectivity index is 1.91. The molecule has 1 fully saturated rings. The van der Waals surface area contributed by atoms with Crippen LogP contribution in [0.15, 0.2) is 54.6 Å². The Morgan fingerprint density at radius 1 is 1.12 bits per heavy atom. The number of hydrogen-bond donors (Lipinski definition) is 2. The lowest BCUT2D eigenvalue weighted by atomic mass is 9.95. The molecule has 0 aromatic heterocycles. The first-order valence-corrected chi connectivity index (χ1v) is 10.0. The van der Waals surface area contributed by atoms with E-state index in [1.165, 1.54) is 6.92 Å². The third-order valence-corrected chi connectivity index (χ3v) is 4.88. The molecule has 0 bridgehead atoms. The van der Waals surface area contributed by atoms with Crippen LogP contribution >= 0.6 is 0 Å². The van der Waals surface area contributed by atoms with E-state index in [0.29, 0.717) is 22.8 Å². The van der Waals surface area contributed by atoms with Crippen molar-refractivity contribution < 1.29 is 33.8 Å². The minimum atomic E-state index is -2.14. The van der Waals surface area contributed by atoms with E-state index in [4.69, 9.17) is 9.47 Å². The molecular weight excluding hydrogens is 416 g/mol. The Kier molecular flexibility index (Phi) is 7.01. The zero-order valence-corrected chi connectivity index (χ0v) is 17.7. The number of hydrogen-bond acceptors (Lipinski definition) is 7. The third-order valence-electron chi connectivity index (χ3n) is 4.88. The summed E-state index contributed by atoms with van der Waals surface area (Å²) in [6.45, 7) is 2.73. The van der Waals surface area contributed by atoms with Crippen LogP contribution in [-0.2, 0) is 32.1 Å². The van der Waals surface area contributed by atoms with Gasteiger partial charge in [0.1, 0.15) is 18.8 Å². The lowest BCUT2D eigenvalue weighted by Crippen LogP contribution is -2.67. The molecule has 0 spiro atoms. The summed E-state index contributed by atoms with van der Waals surface area (Å²) in [6.07, 6.45) is -2.34. The van der Waals surface area contributed by atoms with Gasteiger partial charge < -0.3 is 14.6 Å². The Hall–Kier alpha value is -3.56. The van der Waals surface area contributed by atoms with Crippen molar-refractivity contribution in [3.63, 3.8) is 0 Å². The monoisotopic (exact) mass is 440 g/mol. The van der Waals surface area contributed by atoms with Crippen LogP contribution in [0.4, 0.5) is 4.79 Å². The highest BCUT2D eigenvalue weighted by Gasteiger charge is 2.52. The summed E-state index contributed by atoms with van der Waals surface area (Å²) in [5.74, 6) is -1.86. The lowest BCUT2D eigenvalue weighted by Gasteiger charge is -2.42. The first-order chi connectivity index (χ1) is 15.2. The molecule has 1 saturated heterocycles. The van der Waals surface area contributed by atoms with Crippen LogP contribution < -0.4 is 10.1 Å². The molecular formula is C23H24N2O7. The fraction of sp³-hybridized carbons (Fsp3) is 0.304. The number of nitrogens with zero attached hydrogens (tertiary/aromatic N) is 1. The van der Waals surface area contributed by atoms with E-state index < -0.39 is 42.1 Å². The van der Waals surface area contributed by atoms with Crippen LogP contribution in [0.2, 0.25) is 0 Å². The number of urea groups is 1. The molecule has 2 N–H and O–H groups in total. The van der Waals surface area contributed by atoms with Crippen LogP contribution in [0.3, 0.4) is 0 Å². The van der Waals surface area contributed by atoms with Gasteiger partial charge in [-0.2, -0.15) is 0 Å². The number of rotatable bonds is 9. The molecule has 4 amide bonds. The van der Waals surface area contributed by atoms with Crippen molar-refractivity contribution in [2.45, 2.75) is 45.3 Å². The van der Waals surface area contributed by atoms with Gasteiger partial charge in [0.2, 0.25) is 17.5 Å². The van der Waals surface area contributed by atoms with Gasteiger partial charge in [-0.15, -0.1) is 0 Å². The summed E-state index contributed by atoms with van der Waals surface area (Å²) in [5.41, 5.74) is -0.661. The number of Topliss-reactive ketones (excluding diaryl/α,β-unsaturated/α-hetero) is 1. The predicted octanol–water partition coefficient (Wildman–Crippen LogP) is 1.92. The number of barbiturate groups is 1. The van der Waals surface area contributed by atoms with Crippen molar-refractivity contribution in [1.29, 1.82) is 0 Å². The highest BCUT2D eigenvalue weighted by Crippen LogP contribution is 2.29. The number of ketones is 1. The fourth-order valence-electron chi connectivity index (χ4n) is 3.50. The second-order valence-corrected chi connectivity index (χ2v) is 7.42. The molecule has 2 atom stereocenters. The maximum atomic E-state index is 12.7. The highest BCUT2D eigenvalue weighted by atomic mass is 16.6. The number of imide groups is 2. The van der Waals surface area contributed by atoms with E-state index in [1.807, 2.05) is 35.6 Å². The first-order valence-electron chi connectivity index (χ1n) is 10.0. The maximum Gasteiger partial charge on any atom is 0.333 e. The van der Waals surface area contributed by atoms with Crippen molar-refractivity contribution in [1.82, 2.24) is 10.2 Å². The number of ether oxygens (including phenoxy) is 2. The van der Waals surface area contributed by atoms with Crippen LogP contribution in [0.25, 0.3) is 0 Å². The SMILES string of the molecule is CC(=O)C(Cc1cccc(OCc2ccccc2)c1)(OC(C)O)N1C(=O)CC(=O)NC1=O. The molecule has 9 nitrogen and oxygen atoms in total. The third kappa shape index (κ3) is 5.19. The van der Waals surface area contributed by atoms with Gasteiger partial charge in [-0.05, 0) is 37.1 Å². The molecule has 2 aromatic carbocycles. The molecule has 0 aliphatic carbocycles. The summed E-state index contributed by atoms with van der Waals surface area (Å²) in [5, 5.41) is 11.9. The van der Waals surface area contributed by atoms with E-state index in [1.54, 1.807) is 24.3 Å². The van der Waals surface area contributed by atoms with E-state index in [2.05, 4.69) is 0 Å². The fourth-order valence-corrected chi connectivity index (χ4v) is 3.50. The minimum Gasteiger partial charge on any atom is -0.489 e. The van der Waals surface area contributed by atoms with Gasteiger partial charge in [0.15, 0.2) is 12.1 Å². The Morgan fingerprint density at radius 3 is 2.44 bits per heavy atom. The summed E-state index contributed by atoms with van der Waals surface area (Å²) < 4.78 is 11.3. The average Bonchev–Trinajstić information content (AvgIpc) is 2.72. The van der Waals surface area contributed by atoms with Crippen LogP contribution in [0.5, 0.6) is 5.75 Å². The van der Waals surface area contributed by atoms with Crippen LogP contribution in [0.1, 0.15) is 31.4 Å². The van der Waals surface area contributed by atoms with Gasteiger partial charge in [-0.25, -0.2) is 9.69 Å². The van der Waals surface area contributed by atoms with Gasteiger partial charge in [0.05, 0.1) is 0 Å². The maximum absolute atomic E-state index is 12.7. The molecule has 3 rings (SSSR count). The topological polar surface area (TPSA) is 122 Å². The Morgan fingerprint density at radius 2 is 1.81 bits per heavy atom. The van der Waals surface area contributed by atoms with E-state index in [-0.39, 0.29) is 6.42 Å². The zero-order chi connectivity index (χ0) is 23.3. The standard InChI is InChI=1S/C23H24N2O7/c1-15(26)23(32-16(2)27,25-21(29)12-20(28)24-22(25)30)13-18-9-6-10-19(11-18)31-14-17-7-4-3-5-8-17/h3-11,16,27H,12-14H2,1-2H3,(H,24,28,30). The Bertz CT molecular complexity index is 1000. The van der Waals surface area contributed by atoms with Gasteiger partial charge in [-0.3, -0.25) is 19.7 Å². The number of carbonyl (C=O) groups is 4. The van der Waals surface area contributed by atoms with E-state index in [9.17, 15) is 24.3 Å². The number of aliphatic hydroxyl groups is 1. The zero-order valence-electron chi connectivity index (χ0n) is 17.7. The molecule has 32 heavy (non-hydrogen) atoms. The minimum absolute atomic E-state index is 0.247. The van der Waals surface area contributed by atoms with Crippen LogP contribution in [-0.4, -0.2) is 45.7 Å². The summed E-state index contributed by atoms with van der Waals surface area (Å²) in [6, 6.07) is 15.2. The summed E-state index contributed by atoms with van der Waals surface area (Å²) in [7, 11) is 0. The highest BCUT2D eigenvalue weighted by molar-refractivity contribution is 6.16. The average molecular weight is 440 g/mol. The van der Waals surface area contributed by atoms with Crippen LogP contribution in [0, 0.1) is 0 Å². The van der Waals surface area contributed by atoms with Crippen molar-refractivity contribution >= 4 is 23.6 Å². The quantitative estimate of drug-likeness (QED) is 0.451. The summed E-state index contributed by atoms with van der Waals surface area (Å²) in [4.78, 5) is 50.0. The number of benzene rings is 2. The number of carbonyl (C=O) groups excluding carboxylic acids is 4. The lowest BCUT2D eigenvalue weighted by molar-refractivity contribution is -0.221. The Labute approximate surface area is 184 Å². The molecule has 2 aromatic rings. The molecule has 9 heteroatoms. The smallest absolute Gasteiger partial charge is 0.333 e. The largest absolute Gasteiger partial charge is 0.489 e. The molecule has 0 saturated carbocycles. The van der Waals surface area contributed by atoms with E-state index in [0.717, 1.165) is 12.5 Å². The number of nitrogens with one attached hydrogen (secondary N) is 1. The molecule has 168 valence electrons. The van der Waals surface area contributed by atoms with E-state index >= 15 is 0 Å². The number of amides is 4. The van der Waals surface area contributed by atoms with Gasteiger partial charge in [0, 0.05) is 6.42 Å². The normalized spacial score (nSPS) is 16.8. The summed E-state index contributed by atoms with van der Waals surface area (Å²) >= 11 is 0. The molecule has 1 aliphatic heterocycles. The van der Waals surface area contributed by atoms with Crippen molar-refractivity contribution in [3.05, 3.63) is 65.7 Å². The molecule has 0 radical (unpaired) electrons. The van der Waals surface area contributed by atoms with Gasteiger partial charge in [-0.1, -0.05) is 42.5 Å². The van der Waals surface area contributed by atoms with Crippen molar-refractivity contribution in [3.8, 4) is 5.75 Å². The number of aliphatic hydroxyl groups excluding tert-OH is 1. The predicted molar refractivity (Wildman–Crippen MR) is 112 cm³/mol. The second-order valence-electron chi connectivity index (χ2n) is 7.42. The molecule has 1 heterocycles.